The third kappa shape index (κ3) is 5.28. The summed E-state index contributed by atoms with van der Waals surface area (Å²) in [4.78, 5) is 0. The predicted molar refractivity (Wildman–Crippen MR) is 34.2 cm³/mol. The van der Waals surface area contributed by atoms with Crippen LogP contribution in [0.3, 0.4) is 0 Å². The third-order valence-corrected chi connectivity index (χ3v) is 0.469. The molecule has 0 N–H and O–H groups in total. The first-order valence-corrected chi connectivity index (χ1v) is 2.07. The van der Waals surface area contributed by atoms with E-state index in [0.717, 1.165) is 0 Å². The molecule has 0 spiro atoms. The highest BCUT2D eigenvalue weighted by atomic mass is 13.6. The highest BCUT2D eigenvalue weighted by Crippen LogP contribution is 1.72. The lowest BCUT2D eigenvalue weighted by molar-refractivity contribution is 1.97. The Morgan fingerprint density at radius 2 is 1.86 bits per heavy atom. The Balaban J connectivity index is 3.27. The van der Waals surface area contributed by atoms with Crippen molar-refractivity contribution in [2.75, 3.05) is 0 Å². The molecule has 0 aromatic carbocycles. The molecular formula is C6H7B. The van der Waals surface area contributed by atoms with Gasteiger partial charge in [0.05, 0.1) is 0 Å². The zero-order valence-corrected chi connectivity index (χ0v) is 4.17. The lowest BCUT2D eigenvalue weighted by Crippen LogP contribution is -1.48. The van der Waals surface area contributed by atoms with Gasteiger partial charge in [0, 0.05) is 0 Å². The molecule has 7 heavy (non-hydrogen) atoms. The second-order valence-corrected chi connectivity index (χ2v) is 1.01. The monoisotopic (exact) mass is 90.1 g/mol. The maximum absolute atomic E-state index is 5.00. The van der Waals surface area contributed by atoms with Crippen molar-refractivity contribution in [2.24, 2.45) is 0 Å². The summed E-state index contributed by atoms with van der Waals surface area (Å²) in [6.45, 7) is 3.47. The molecule has 0 nitrogen and oxygen atoms in total. The van der Waals surface area contributed by atoms with Crippen LogP contribution in [-0.4, -0.2) is 7.85 Å². The second-order valence-electron chi connectivity index (χ2n) is 1.01. The van der Waals surface area contributed by atoms with Crippen LogP contribution in [-0.2, 0) is 0 Å². The lowest BCUT2D eigenvalue weighted by Gasteiger charge is -1.65. The van der Waals surface area contributed by atoms with Crippen molar-refractivity contribution in [3.05, 3.63) is 36.9 Å². The number of hydrogen-bond acceptors (Lipinski definition) is 0. The van der Waals surface area contributed by atoms with Crippen molar-refractivity contribution in [2.45, 2.75) is 0 Å². The molecule has 0 aliphatic carbocycles. The van der Waals surface area contributed by atoms with Crippen LogP contribution in [0.4, 0.5) is 0 Å². The van der Waals surface area contributed by atoms with E-state index in [2.05, 4.69) is 6.58 Å². The van der Waals surface area contributed by atoms with E-state index in [1.807, 2.05) is 12.2 Å². The molecule has 0 heterocycles. The fourth-order valence-electron chi connectivity index (χ4n) is 0.207. The minimum atomic E-state index is 1.47. The van der Waals surface area contributed by atoms with E-state index in [1.165, 1.54) is 5.98 Å². The van der Waals surface area contributed by atoms with E-state index in [-0.39, 0.29) is 0 Å². The van der Waals surface area contributed by atoms with Gasteiger partial charge in [-0.3, -0.25) is 0 Å². The summed E-state index contributed by atoms with van der Waals surface area (Å²) in [6.07, 6.45) is 7.05. The van der Waals surface area contributed by atoms with Gasteiger partial charge in [-0.15, -0.1) is 5.98 Å². The van der Waals surface area contributed by atoms with Gasteiger partial charge in [-0.05, 0) is 0 Å². The topological polar surface area (TPSA) is 0 Å². The highest BCUT2D eigenvalue weighted by molar-refractivity contribution is 6.17. The Kier molecular flexibility index (Phi) is 4.75. The summed E-state index contributed by atoms with van der Waals surface area (Å²) in [6, 6.07) is 0. The number of rotatable bonds is 2. The van der Waals surface area contributed by atoms with E-state index in [4.69, 9.17) is 7.85 Å². The molecule has 0 rings (SSSR count). The Hall–Kier alpha value is -0.715. The van der Waals surface area contributed by atoms with Crippen LogP contribution in [0, 0.1) is 0 Å². The van der Waals surface area contributed by atoms with Crippen LogP contribution in [0.5, 0.6) is 0 Å². The summed E-state index contributed by atoms with van der Waals surface area (Å²) < 4.78 is 0. The van der Waals surface area contributed by atoms with E-state index >= 15 is 0 Å². The van der Waals surface area contributed by atoms with Gasteiger partial charge in [-0.25, -0.2) is 0 Å². The molecule has 0 bridgehead atoms. The fourth-order valence-corrected chi connectivity index (χ4v) is 0.207. The summed E-state index contributed by atoms with van der Waals surface area (Å²) >= 11 is 0. The Morgan fingerprint density at radius 3 is 2.29 bits per heavy atom. The van der Waals surface area contributed by atoms with Gasteiger partial charge < -0.3 is 0 Å². The average molecular weight is 89.9 g/mol. The van der Waals surface area contributed by atoms with Gasteiger partial charge in [0.2, 0.25) is 0 Å². The molecular weight excluding hydrogens is 82.9 g/mol. The molecule has 0 saturated heterocycles. The molecule has 2 radical (unpaired) electrons. The summed E-state index contributed by atoms with van der Waals surface area (Å²) in [7, 11) is 5.00. The smallest absolute Gasteiger partial charge is 0.102 e. The van der Waals surface area contributed by atoms with Crippen molar-refractivity contribution in [3.63, 3.8) is 0 Å². The summed E-state index contributed by atoms with van der Waals surface area (Å²) in [5.74, 6) is 1.47. The Bertz CT molecular complexity index is 90.4. The summed E-state index contributed by atoms with van der Waals surface area (Å²) in [5, 5.41) is 0. The molecule has 0 amide bonds. The molecule has 34 valence electrons. The highest BCUT2D eigenvalue weighted by Gasteiger charge is 1.52. The normalized spacial score (nSPS) is 10.9. The second kappa shape index (κ2) is 5.28. The molecule has 0 unspecified atom stereocenters. The van der Waals surface area contributed by atoms with Crippen LogP contribution < -0.4 is 0 Å². The van der Waals surface area contributed by atoms with E-state index in [1.54, 1.807) is 12.2 Å². The molecule has 1 heteroatoms. The maximum Gasteiger partial charge on any atom is 0.102 e. The first-order valence-electron chi connectivity index (χ1n) is 2.07. The molecule has 0 saturated carbocycles. The van der Waals surface area contributed by atoms with Gasteiger partial charge in [-0.2, -0.15) is 0 Å². The van der Waals surface area contributed by atoms with Crippen molar-refractivity contribution in [1.82, 2.24) is 0 Å². The van der Waals surface area contributed by atoms with Gasteiger partial charge in [0.25, 0.3) is 0 Å². The first kappa shape index (κ1) is 6.28. The third-order valence-electron chi connectivity index (χ3n) is 0.469. The van der Waals surface area contributed by atoms with Gasteiger partial charge >= 0.3 is 0 Å². The Morgan fingerprint density at radius 1 is 1.14 bits per heavy atom. The van der Waals surface area contributed by atoms with Crippen molar-refractivity contribution < 1.29 is 0 Å². The van der Waals surface area contributed by atoms with Crippen molar-refractivity contribution >= 4 is 7.85 Å². The van der Waals surface area contributed by atoms with Crippen molar-refractivity contribution in [1.29, 1.82) is 0 Å². The number of hydrogen-bond donors (Lipinski definition) is 0. The largest absolute Gasteiger partial charge is 0.132 e. The van der Waals surface area contributed by atoms with Crippen LogP contribution in [0.1, 0.15) is 0 Å². The zero-order valence-electron chi connectivity index (χ0n) is 4.17. The van der Waals surface area contributed by atoms with E-state index < -0.39 is 0 Å². The minimum Gasteiger partial charge on any atom is -0.132 e. The zero-order chi connectivity index (χ0) is 5.54. The quantitative estimate of drug-likeness (QED) is 0.355. The molecule has 0 atom stereocenters. The minimum absolute atomic E-state index is 1.47. The van der Waals surface area contributed by atoms with Gasteiger partial charge in [-0.1, -0.05) is 30.9 Å². The SMILES string of the molecule is [B]/C=C\C=C\C=C. The average Bonchev–Trinajstić information content (AvgIpc) is 1.69. The van der Waals surface area contributed by atoms with E-state index in [9.17, 15) is 0 Å². The van der Waals surface area contributed by atoms with Gasteiger partial charge in [0.15, 0.2) is 0 Å². The summed E-state index contributed by atoms with van der Waals surface area (Å²) in [5.41, 5.74) is 0. The predicted octanol–water partition coefficient (Wildman–Crippen LogP) is 1.41. The molecule has 0 aromatic heterocycles. The van der Waals surface area contributed by atoms with Crippen LogP contribution in [0.2, 0.25) is 0 Å². The number of allylic oxidation sites excluding steroid dienone is 4. The first-order chi connectivity index (χ1) is 3.41. The molecule has 0 aromatic rings. The lowest BCUT2D eigenvalue weighted by atomic mass is 10.1. The Labute approximate surface area is 45.6 Å². The van der Waals surface area contributed by atoms with E-state index in [0.29, 0.717) is 0 Å². The van der Waals surface area contributed by atoms with Gasteiger partial charge in [0.1, 0.15) is 7.85 Å². The van der Waals surface area contributed by atoms with Crippen LogP contribution in [0.25, 0.3) is 0 Å². The standard InChI is InChI=1S/C6H7B/c1-2-3-4-5-6-7/h2-6H,1H2/b4-3+,6-5-. The fraction of sp³-hybridized carbons (Fsp3) is 0. The maximum atomic E-state index is 5.00. The van der Waals surface area contributed by atoms with Crippen molar-refractivity contribution in [3.8, 4) is 0 Å². The molecule has 0 fully saturated rings. The molecule has 0 aliphatic heterocycles. The van der Waals surface area contributed by atoms with Crippen LogP contribution >= 0.6 is 0 Å². The van der Waals surface area contributed by atoms with Crippen LogP contribution in [0.15, 0.2) is 36.9 Å². The molecule has 0 aliphatic rings.